The van der Waals surface area contributed by atoms with Crippen LogP contribution in [-0.4, -0.2) is 5.78 Å². The topological polar surface area (TPSA) is 17.1 Å². The van der Waals surface area contributed by atoms with E-state index < -0.39 is 0 Å². The van der Waals surface area contributed by atoms with Crippen LogP contribution in [0.5, 0.6) is 0 Å². The number of carbonyl (C=O) groups is 1. The Kier molecular flexibility index (Phi) is 5.75. The minimum Gasteiger partial charge on any atom is -0.299 e. The maximum atomic E-state index is 12.9. The monoisotopic (exact) mass is 276 g/mol. The molecule has 0 N–H and O–H groups in total. The Hall–Kier alpha value is -1.18. The lowest BCUT2D eigenvalue weighted by atomic mass is 9.76. The van der Waals surface area contributed by atoms with Gasteiger partial charge in [0, 0.05) is 12.3 Å². The SMILES string of the molecule is CCCCCC(=O)[C@H]1CC[C@H](c2ccc(F)cc2)CC1. The molecule has 0 unspecified atom stereocenters. The minimum absolute atomic E-state index is 0.173. The number of Topliss-reactive ketones (excluding diaryl/α,β-unsaturated/α-hetero) is 1. The summed E-state index contributed by atoms with van der Waals surface area (Å²) in [6.07, 6.45) is 8.29. The molecule has 0 atom stereocenters. The number of carbonyl (C=O) groups excluding carboxylic acids is 1. The van der Waals surface area contributed by atoms with Gasteiger partial charge in [0.25, 0.3) is 0 Å². The Morgan fingerprint density at radius 2 is 1.75 bits per heavy atom. The van der Waals surface area contributed by atoms with Crippen molar-refractivity contribution < 1.29 is 9.18 Å². The standard InChI is InChI=1S/C18H25FO/c1-2-3-4-5-18(20)16-8-6-14(7-9-16)15-10-12-17(19)13-11-15/h10-14,16H,2-9H2,1H3/t14-,16-. The summed E-state index contributed by atoms with van der Waals surface area (Å²) in [6.45, 7) is 2.17. The molecule has 0 aromatic heterocycles. The van der Waals surface area contributed by atoms with Crippen LogP contribution in [0.25, 0.3) is 0 Å². The molecule has 1 aliphatic carbocycles. The third kappa shape index (κ3) is 4.16. The Bertz CT molecular complexity index is 416. The molecule has 0 heterocycles. The van der Waals surface area contributed by atoms with E-state index in [1.165, 1.54) is 24.1 Å². The average Bonchev–Trinajstić information content (AvgIpc) is 2.48. The molecule has 2 heteroatoms. The molecule has 1 saturated carbocycles. The summed E-state index contributed by atoms with van der Waals surface area (Å²) in [4.78, 5) is 12.1. The molecular weight excluding hydrogens is 251 g/mol. The highest BCUT2D eigenvalue weighted by Gasteiger charge is 2.26. The van der Waals surface area contributed by atoms with Gasteiger partial charge in [-0.25, -0.2) is 4.39 Å². The van der Waals surface area contributed by atoms with E-state index >= 15 is 0 Å². The van der Waals surface area contributed by atoms with Crippen molar-refractivity contribution in [2.24, 2.45) is 5.92 Å². The van der Waals surface area contributed by atoms with Crippen LogP contribution in [0.3, 0.4) is 0 Å². The molecule has 1 aromatic rings. The first-order chi connectivity index (χ1) is 9.70. The average molecular weight is 276 g/mol. The molecule has 1 aromatic carbocycles. The van der Waals surface area contributed by atoms with Crippen LogP contribution in [-0.2, 0) is 4.79 Å². The molecule has 0 bridgehead atoms. The Morgan fingerprint density at radius 1 is 1.10 bits per heavy atom. The van der Waals surface area contributed by atoms with Gasteiger partial charge in [0.2, 0.25) is 0 Å². The van der Waals surface area contributed by atoms with Crippen molar-refractivity contribution >= 4 is 5.78 Å². The lowest BCUT2D eigenvalue weighted by molar-refractivity contribution is -0.124. The van der Waals surface area contributed by atoms with Gasteiger partial charge in [-0.15, -0.1) is 0 Å². The summed E-state index contributed by atoms with van der Waals surface area (Å²) < 4.78 is 12.9. The van der Waals surface area contributed by atoms with Crippen LogP contribution in [0.1, 0.15) is 69.8 Å². The zero-order valence-corrected chi connectivity index (χ0v) is 12.4. The van der Waals surface area contributed by atoms with Crippen molar-refractivity contribution in [3.8, 4) is 0 Å². The highest BCUT2D eigenvalue weighted by Crippen LogP contribution is 2.36. The van der Waals surface area contributed by atoms with Crippen LogP contribution in [0.2, 0.25) is 0 Å². The minimum atomic E-state index is -0.173. The summed E-state index contributed by atoms with van der Waals surface area (Å²) in [5.41, 5.74) is 1.23. The Labute approximate surface area is 121 Å². The van der Waals surface area contributed by atoms with Crippen LogP contribution >= 0.6 is 0 Å². The highest BCUT2D eigenvalue weighted by molar-refractivity contribution is 5.81. The molecule has 2 rings (SSSR count). The van der Waals surface area contributed by atoms with Gasteiger partial charge < -0.3 is 0 Å². The van der Waals surface area contributed by atoms with Crippen LogP contribution in [0, 0.1) is 11.7 Å². The second kappa shape index (κ2) is 7.56. The lowest BCUT2D eigenvalue weighted by Crippen LogP contribution is -2.21. The molecule has 0 aliphatic heterocycles. The number of ketones is 1. The molecular formula is C18H25FO. The van der Waals surface area contributed by atoms with Gasteiger partial charge in [-0.1, -0.05) is 31.9 Å². The zero-order chi connectivity index (χ0) is 14.4. The number of rotatable bonds is 6. The first-order valence-electron chi connectivity index (χ1n) is 7.99. The maximum absolute atomic E-state index is 12.9. The largest absolute Gasteiger partial charge is 0.299 e. The molecule has 1 fully saturated rings. The van der Waals surface area contributed by atoms with E-state index in [0.29, 0.717) is 11.7 Å². The molecule has 0 saturated heterocycles. The summed E-state index contributed by atoms with van der Waals surface area (Å²) in [7, 11) is 0. The van der Waals surface area contributed by atoms with Gasteiger partial charge in [0.1, 0.15) is 11.6 Å². The highest BCUT2D eigenvalue weighted by atomic mass is 19.1. The second-order valence-corrected chi connectivity index (χ2v) is 6.02. The van der Waals surface area contributed by atoms with Gasteiger partial charge in [-0.05, 0) is 55.7 Å². The van der Waals surface area contributed by atoms with Gasteiger partial charge in [-0.3, -0.25) is 4.79 Å². The number of unbranched alkanes of at least 4 members (excludes halogenated alkanes) is 2. The van der Waals surface area contributed by atoms with Crippen molar-refractivity contribution in [3.05, 3.63) is 35.6 Å². The third-order valence-electron chi connectivity index (χ3n) is 4.55. The molecule has 0 amide bonds. The van der Waals surface area contributed by atoms with E-state index in [1.807, 2.05) is 12.1 Å². The normalized spacial score (nSPS) is 22.7. The van der Waals surface area contributed by atoms with Crippen LogP contribution in [0.4, 0.5) is 4.39 Å². The molecule has 0 spiro atoms. The molecule has 1 aliphatic rings. The van der Waals surface area contributed by atoms with Gasteiger partial charge in [-0.2, -0.15) is 0 Å². The Balaban J connectivity index is 1.80. The molecule has 0 radical (unpaired) electrons. The van der Waals surface area contributed by atoms with Crippen molar-refractivity contribution in [2.75, 3.05) is 0 Å². The smallest absolute Gasteiger partial charge is 0.135 e. The van der Waals surface area contributed by atoms with Gasteiger partial charge in [0.15, 0.2) is 0 Å². The van der Waals surface area contributed by atoms with E-state index in [1.54, 1.807) is 0 Å². The van der Waals surface area contributed by atoms with E-state index in [4.69, 9.17) is 0 Å². The predicted octanol–water partition coefficient (Wildman–Crippen LogP) is 5.25. The van der Waals surface area contributed by atoms with Crippen LogP contribution in [0.15, 0.2) is 24.3 Å². The first kappa shape index (κ1) is 15.2. The quantitative estimate of drug-likeness (QED) is 0.649. The van der Waals surface area contributed by atoms with Crippen molar-refractivity contribution in [3.63, 3.8) is 0 Å². The maximum Gasteiger partial charge on any atom is 0.135 e. The second-order valence-electron chi connectivity index (χ2n) is 6.02. The fourth-order valence-corrected chi connectivity index (χ4v) is 3.24. The molecule has 110 valence electrons. The van der Waals surface area contributed by atoms with E-state index in [2.05, 4.69) is 6.92 Å². The lowest BCUT2D eigenvalue weighted by Gasteiger charge is -2.28. The zero-order valence-electron chi connectivity index (χ0n) is 12.4. The van der Waals surface area contributed by atoms with Gasteiger partial charge in [0.05, 0.1) is 0 Å². The molecule has 1 nitrogen and oxygen atoms in total. The van der Waals surface area contributed by atoms with E-state index in [0.717, 1.165) is 44.9 Å². The fraction of sp³-hybridized carbons (Fsp3) is 0.611. The van der Waals surface area contributed by atoms with Crippen molar-refractivity contribution in [2.45, 2.75) is 64.2 Å². The van der Waals surface area contributed by atoms with Gasteiger partial charge >= 0.3 is 0 Å². The van der Waals surface area contributed by atoms with E-state index in [-0.39, 0.29) is 11.7 Å². The summed E-state index contributed by atoms with van der Waals surface area (Å²) in [5, 5.41) is 0. The predicted molar refractivity (Wildman–Crippen MR) is 80.2 cm³/mol. The van der Waals surface area contributed by atoms with Crippen LogP contribution < -0.4 is 0 Å². The number of benzene rings is 1. The Morgan fingerprint density at radius 3 is 2.35 bits per heavy atom. The van der Waals surface area contributed by atoms with Crippen molar-refractivity contribution in [1.29, 1.82) is 0 Å². The number of hydrogen-bond acceptors (Lipinski definition) is 1. The third-order valence-corrected chi connectivity index (χ3v) is 4.55. The van der Waals surface area contributed by atoms with E-state index in [9.17, 15) is 9.18 Å². The number of hydrogen-bond donors (Lipinski definition) is 0. The fourth-order valence-electron chi connectivity index (χ4n) is 3.24. The first-order valence-corrected chi connectivity index (χ1v) is 7.99. The number of halogens is 1. The summed E-state index contributed by atoms with van der Waals surface area (Å²) >= 11 is 0. The molecule has 20 heavy (non-hydrogen) atoms. The summed E-state index contributed by atoms with van der Waals surface area (Å²) in [6, 6.07) is 6.86. The van der Waals surface area contributed by atoms with Crippen molar-refractivity contribution in [1.82, 2.24) is 0 Å². The summed E-state index contributed by atoms with van der Waals surface area (Å²) in [5.74, 6) is 1.09.